The molecule has 0 saturated heterocycles. The highest BCUT2D eigenvalue weighted by Gasteiger charge is 2.03. The van der Waals surface area contributed by atoms with Gasteiger partial charge in [0.1, 0.15) is 0 Å². The fourth-order valence-corrected chi connectivity index (χ4v) is 1.96. The summed E-state index contributed by atoms with van der Waals surface area (Å²) in [6, 6.07) is 13.2. The summed E-state index contributed by atoms with van der Waals surface area (Å²) in [5, 5.41) is 1.03. The van der Waals surface area contributed by atoms with Crippen molar-refractivity contribution in [3.8, 4) is 11.1 Å². The van der Waals surface area contributed by atoms with Gasteiger partial charge >= 0.3 is 0 Å². The van der Waals surface area contributed by atoms with Crippen LogP contribution in [-0.2, 0) is 0 Å². The Labute approximate surface area is 97.8 Å². The third-order valence-corrected chi connectivity index (χ3v) is 2.74. The zero-order valence-corrected chi connectivity index (χ0v) is 9.05. The first-order valence-corrected chi connectivity index (χ1v) is 5.37. The summed E-state index contributed by atoms with van der Waals surface area (Å²) < 4.78 is 0. The Kier molecular flexibility index (Phi) is 2.22. The molecule has 0 aliphatic heterocycles. The third kappa shape index (κ3) is 1.72. The van der Waals surface area contributed by atoms with Crippen molar-refractivity contribution in [3.05, 3.63) is 65.2 Å². The number of hydrogen-bond acceptors (Lipinski definition) is 2. The fraction of sp³-hybridized carbons (Fsp3) is 0. The molecule has 0 bridgehead atoms. The third-order valence-electron chi connectivity index (χ3n) is 2.74. The van der Waals surface area contributed by atoms with Crippen LogP contribution in [-0.4, -0.2) is 9.97 Å². The Morgan fingerprint density at radius 3 is 2.76 bits per heavy atom. The van der Waals surface area contributed by atoms with E-state index in [1.54, 1.807) is 12.3 Å². The lowest BCUT2D eigenvalue weighted by Crippen LogP contribution is -2.02. The molecule has 17 heavy (non-hydrogen) atoms. The van der Waals surface area contributed by atoms with Crippen molar-refractivity contribution in [2.24, 2.45) is 0 Å². The highest BCUT2D eigenvalue weighted by molar-refractivity contribution is 5.94. The number of rotatable bonds is 1. The smallest absolute Gasteiger partial charge is 0.248 e. The molecule has 1 aromatic carbocycles. The summed E-state index contributed by atoms with van der Waals surface area (Å²) >= 11 is 0. The van der Waals surface area contributed by atoms with Gasteiger partial charge in [-0.15, -0.1) is 0 Å². The molecular formula is C14H10N2O. The highest BCUT2D eigenvalue weighted by atomic mass is 16.1. The standard InChI is InChI=1S/C14H10N2O/c17-14-7-6-12-11(4-1-5-13(12)16-14)10-3-2-8-15-9-10/h1-9H,(H,16,17). The molecule has 0 saturated carbocycles. The van der Waals surface area contributed by atoms with Crippen molar-refractivity contribution in [1.29, 1.82) is 0 Å². The van der Waals surface area contributed by atoms with Crippen LogP contribution in [0.25, 0.3) is 22.0 Å². The van der Waals surface area contributed by atoms with E-state index in [2.05, 4.69) is 9.97 Å². The predicted octanol–water partition coefficient (Wildman–Crippen LogP) is 2.59. The van der Waals surface area contributed by atoms with Crippen LogP contribution in [0.1, 0.15) is 0 Å². The van der Waals surface area contributed by atoms with Gasteiger partial charge in [-0.1, -0.05) is 18.2 Å². The summed E-state index contributed by atoms with van der Waals surface area (Å²) in [4.78, 5) is 18.2. The second kappa shape index (κ2) is 3.87. The van der Waals surface area contributed by atoms with Crippen molar-refractivity contribution in [2.75, 3.05) is 0 Å². The number of benzene rings is 1. The molecular weight excluding hydrogens is 212 g/mol. The quantitative estimate of drug-likeness (QED) is 0.687. The van der Waals surface area contributed by atoms with Gasteiger partial charge in [0.15, 0.2) is 0 Å². The summed E-state index contributed by atoms with van der Waals surface area (Å²) in [6.45, 7) is 0. The Hall–Kier alpha value is -2.42. The van der Waals surface area contributed by atoms with Gasteiger partial charge < -0.3 is 4.98 Å². The number of pyridine rings is 2. The van der Waals surface area contributed by atoms with Crippen molar-refractivity contribution in [2.45, 2.75) is 0 Å². The van der Waals surface area contributed by atoms with Crippen LogP contribution in [0.2, 0.25) is 0 Å². The molecule has 0 aliphatic carbocycles. The molecule has 0 unspecified atom stereocenters. The fourth-order valence-electron chi connectivity index (χ4n) is 1.96. The topological polar surface area (TPSA) is 45.8 Å². The average molecular weight is 222 g/mol. The molecule has 3 heteroatoms. The zero-order valence-electron chi connectivity index (χ0n) is 9.05. The second-order valence-electron chi connectivity index (χ2n) is 3.83. The lowest BCUT2D eigenvalue weighted by Gasteiger charge is -2.05. The van der Waals surface area contributed by atoms with E-state index < -0.39 is 0 Å². The second-order valence-corrected chi connectivity index (χ2v) is 3.83. The van der Waals surface area contributed by atoms with Crippen LogP contribution in [0, 0.1) is 0 Å². The average Bonchev–Trinajstić information content (AvgIpc) is 2.39. The lowest BCUT2D eigenvalue weighted by atomic mass is 10.0. The van der Waals surface area contributed by atoms with E-state index in [1.165, 1.54) is 0 Å². The number of hydrogen-bond donors (Lipinski definition) is 1. The molecule has 2 aromatic heterocycles. The molecule has 0 spiro atoms. The summed E-state index contributed by atoms with van der Waals surface area (Å²) in [7, 11) is 0. The molecule has 1 N–H and O–H groups in total. The van der Waals surface area contributed by atoms with E-state index in [0.29, 0.717) is 0 Å². The minimum Gasteiger partial charge on any atom is -0.322 e. The molecule has 3 aromatic rings. The molecule has 0 radical (unpaired) electrons. The summed E-state index contributed by atoms with van der Waals surface area (Å²) in [5.41, 5.74) is 2.89. The minimum atomic E-state index is -0.0826. The van der Waals surface area contributed by atoms with E-state index in [0.717, 1.165) is 22.0 Å². The molecule has 3 nitrogen and oxygen atoms in total. The first kappa shape index (κ1) is 9.78. The van der Waals surface area contributed by atoms with Crippen molar-refractivity contribution in [3.63, 3.8) is 0 Å². The zero-order chi connectivity index (χ0) is 11.7. The molecule has 0 atom stereocenters. The first-order chi connectivity index (χ1) is 8.34. The number of aromatic amines is 1. The largest absolute Gasteiger partial charge is 0.322 e. The van der Waals surface area contributed by atoms with Gasteiger partial charge in [-0.3, -0.25) is 9.78 Å². The summed E-state index contributed by atoms with van der Waals surface area (Å²) in [5.74, 6) is 0. The van der Waals surface area contributed by atoms with Gasteiger partial charge in [0.05, 0.1) is 0 Å². The van der Waals surface area contributed by atoms with Crippen LogP contribution in [0.4, 0.5) is 0 Å². The van der Waals surface area contributed by atoms with Crippen LogP contribution in [0.3, 0.4) is 0 Å². The van der Waals surface area contributed by atoms with Crippen molar-refractivity contribution < 1.29 is 0 Å². The first-order valence-electron chi connectivity index (χ1n) is 5.37. The van der Waals surface area contributed by atoms with Gasteiger partial charge in [0.25, 0.3) is 0 Å². The van der Waals surface area contributed by atoms with Gasteiger partial charge in [0.2, 0.25) is 5.56 Å². The van der Waals surface area contributed by atoms with E-state index in [1.807, 2.05) is 42.6 Å². The van der Waals surface area contributed by atoms with Gasteiger partial charge in [-0.2, -0.15) is 0 Å². The number of nitrogens with zero attached hydrogens (tertiary/aromatic N) is 1. The van der Waals surface area contributed by atoms with Crippen LogP contribution >= 0.6 is 0 Å². The maximum absolute atomic E-state index is 11.3. The molecule has 0 amide bonds. The van der Waals surface area contributed by atoms with Crippen LogP contribution in [0.5, 0.6) is 0 Å². The van der Waals surface area contributed by atoms with Gasteiger partial charge in [-0.05, 0) is 23.8 Å². The normalized spacial score (nSPS) is 10.6. The lowest BCUT2D eigenvalue weighted by molar-refractivity contribution is 1.30. The Morgan fingerprint density at radius 2 is 1.94 bits per heavy atom. The maximum Gasteiger partial charge on any atom is 0.248 e. The van der Waals surface area contributed by atoms with E-state index in [4.69, 9.17) is 0 Å². The van der Waals surface area contributed by atoms with Gasteiger partial charge in [0, 0.05) is 34.9 Å². The molecule has 0 fully saturated rings. The van der Waals surface area contributed by atoms with Crippen LogP contribution < -0.4 is 5.56 Å². The van der Waals surface area contributed by atoms with E-state index in [-0.39, 0.29) is 5.56 Å². The monoisotopic (exact) mass is 222 g/mol. The number of aromatic nitrogens is 2. The Balaban J connectivity index is 2.34. The number of H-pyrrole nitrogens is 1. The SMILES string of the molecule is O=c1ccc2c(-c3cccnc3)cccc2[nH]1. The molecule has 3 rings (SSSR count). The summed E-state index contributed by atoms with van der Waals surface area (Å²) in [6.07, 6.45) is 3.57. The van der Waals surface area contributed by atoms with Crippen LogP contribution in [0.15, 0.2) is 59.7 Å². The van der Waals surface area contributed by atoms with Crippen molar-refractivity contribution >= 4 is 10.9 Å². The Morgan fingerprint density at radius 1 is 1.00 bits per heavy atom. The van der Waals surface area contributed by atoms with E-state index >= 15 is 0 Å². The molecule has 0 aliphatic rings. The minimum absolute atomic E-state index is 0.0826. The van der Waals surface area contributed by atoms with Crippen molar-refractivity contribution in [1.82, 2.24) is 9.97 Å². The maximum atomic E-state index is 11.3. The van der Waals surface area contributed by atoms with E-state index in [9.17, 15) is 4.79 Å². The van der Waals surface area contributed by atoms with Gasteiger partial charge in [-0.25, -0.2) is 0 Å². The Bertz CT molecular complexity index is 717. The molecule has 2 heterocycles. The highest BCUT2D eigenvalue weighted by Crippen LogP contribution is 2.25. The predicted molar refractivity (Wildman–Crippen MR) is 67.8 cm³/mol. The number of nitrogens with one attached hydrogen (secondary N) is 1. The molecule has 82 valence electrons. The number of fused-ring (bicyclic) bond motifs is 1.